The highest BCUT2D eigenvalue weighted by molar-refractivity contribution is 7.12. The van der Waals surface area contributed by atoms with Gasteiger partial charge < -0.3 is 10.6 Å². The third-order valence-corrected chi connectivity index (χ3v) is 11.5. The van der Waals surface area contributed by atoms with Crippen molar-refractivity contribution in [2.24, 2.45) is 0 Å². The number of amides is 2. The summed E-state index contributed by atoms with van der Waals surface area (Å²) in [6.45, 7) is 3.61. The lowest BCUT2D eigenvalue weighted by atomic mass is 10.2. The van der Waals surface area contributed by atoms with Crippen molar-refractivity contribution in [2.45, 2.75) is 88.9 Å². The molecule has 4 saturated carbocycles. The largest absolute Gasteiger partial charge is 0.320 e. The zero-order valence-electron chi connectivity index (χ0n) is 28.8. The molecule has 6 heterocycles. The average Bonchev–Trinajstić information content (AvgIpc) is 3.99. The summed E-state index contributed by atoms with van der Waals surface area (Å²) >= 11 is 2.44. The van der Waals surface area contributed by atoms with Gasteiger partial charge in [0.15, 0.2) is 11.6 Å². The van der Waals surface area contributed by atoms with Crippen LogP contribution < -0.4 is 10.6 Å². The molecular weight excluding hydrogens is 695 g/mol. The first-order valence-corrected chi connectivity index (χ1v) is 19.5. The Hall–Kier alpha value is -5.15. The number of nitrogens with zero attached hydrogens (tertiary/aromatic N) is 9. The van der Waals surface area contributed by atoms with E-state index in [-0.39, 0.29) is 11.8 Å². The molecule has 0 unspecified atom stereocenters. The molecule has 6 aromatic rings. The number of pyridine rings is 2. The van der Waals surface area contributed by atoms with Crippen LogP contribution in [0.4, 0.5) is 11.4 Å². The number of rotatable bonds is 10. The third kappa shape index (κ3) is 7.02. The standard InChI is InChI=1S/C19H19N5OS.C18H18N6OS/c1-11-18(26-10-21-11)19(25)22-14-6-7-17(20-9-14)24-16(13-4-5-13)8-15(23-24)12-2-3-12;1-10-17(26-23-21-10)18(25)20-13-6-7-16(19-9-13)24-15(12-4-5-12)8-14(22-24)11-2-3-11/h6-10,12-13H,2-5H2,1H3,(H,22,25);6-9,11-12H,2-5H2,1H3,(H,20,25). The zero-order chi connectivity index (χ0) is 35.3. The van der Waals surface area contributed by atoms with Gasteiger partial charge in [0.25, 0.3) is 11.8 Å². The number of aromatic nitrogens is 9. The van der Waals surface area contributed by atoms with Gasteiger partial charge in [-0.1, -0.05) is 4.49 Å². The molecule has 52 heavy (non-hydrogen) atoms. The summed E-state index contributed by atoms with van der Waals surface area (Å²) in [6.07, 6.45) is 13.3. The monoisotopic (exact) mass is 731 g/mol. The van der Waals surface area contributed by atoms with Gasteiger partial charge >= 0.3 is 0 Å². The highest BCUT2D eigenvalue weighted by atomic mass is 32.1. The number of carbonyl (C=O) groups is 2. The predicted octanol–water partition coefficient (Wildman–Crippen LogP) is 7.47. The minimum absolute atomic E-state index is 0.145. The van der Waals surface area contributed by atoms with E-state index in [1.165, 1.54) is 85.5 Å². The number of carbonyl (C=O) groups excluding carboxylic acids is 2. The quantitative estimate of drug-likeness (QED) is 0.146. The maximum Gasteiger partial charge on any atom is 0.269 e. The Balaban J connectivity index is 0.000000138. The maximum absolute atomic E-state index is 12.3. The number of anilines is 2. The molecule has 6 aromatic heterocycles. The number of hydrogen-bond donors (Lipinski definition) is 2. The lowest BCUT2D eigenvalue weighted by Gasteiger charge is -2.08. The smallest absolute Gasteiger partial charge is 0.269 e. The Morgan fingerprint density at radius 3 is 1.54 bits per heavy atom. The van der Waals surface area contributed by atoms with Gasteiger partial charge in [0.1, 0.15) is 9.75 Å². The number of aryl methyl sites for hydroxylation is 2. The van der Waals surface area contributed by atoms with Crippen LogP contribution in [0.1, 0.15) is 129 Å². The number of thiazole rings is 1. The Morgan fingerprint density at radius 2 is 1.15 bits per heavy atom. The Labute approximate surface area is 308 Å². The van der Waals surface area contributed by atoms with E-state index in [9.17, 15) is 9.59 Å². The summed E-state index contributed by atoms with van der Waals surface area (Å²) in [5.74, 6) is 3.74. The SMILES string of the molecule is Cc1ncsc1C(=O)Nc1ccc(-n2nc(C3CC3)cc2C2CC2)nc1.Cc1nnsc1C(=O)Nc1ccc(-n2nc(C3CC3)cc2C2CC2)nc1. The number of nitrogens with one attached hydrogen (secondary N) is 2. The van der Waals surface area contributed by atoms with Crippen LogP contribution in [0.15, 0.2) is 54.3 Å². The first-order chi connectivity index (χ1) is 25.4. The van der Waals surface area contributed by atoms with Crippen LogP contribution in [0.25, 0.3) is 11.6 Å². The van der Waals surface area contributed by atoms with E-state index in [0.717, 1.165) is 28.9 Å². The molecule has 10 rings (SSSR count). The summed E-state index contributed by atoms with van der Waals surface area (Å²) in [4.78, 5) is 38.9. The van der Waals surface area contributed by atoms with E-state index in [1.807, 2.05) is 40.6 Å². The molecule has 0 bridgehead atoms. The van der Waals surface area contributed by atoms with Crippen molar-refractivity contribution in [2.75, 3.05) is 10.6 Å². The van der Waals surface area contributed by atoms with Gasteiger partial charge in [0.2, 0.25) is 0 Å². The fraction of sp³-hybridized carbons (Fsp3) is 0.378. The van der Waals surface area contributed by atoms with Gasteiger partial charge in [-0.25, -0.2) is 24.3 Å². The van der Waals surface area contributed by atoms with Crippen molar-refractivity contribution < 1.29 is 9.59 Å². The zero-order valence-corrected chi connectivity index (χ0v) is 30.5. The van der Waals surface area contributed by atoms with E-state index in [0.29, 0.717) is 50.5 Å². The number of hydrogen-bond acceptors (Lipinski definition) is 11. The van der Waals surface area contributed by atoms with Crippen molar-refractivity contribution in [1.82, 2.24) is 44.1 Å². The van der Waals surface area contributed by atoms with Gasteiger partial charge in [0, 0.05) is 35.1 Å². The van der Waals surface area contributed by atoms with Crippen LogP contribution in [-0.4, -0.2) is 55.9 Å². The molecule has 4 fully saturated rings. The van der Waals surface area contributed by atoms with Gasteiger partial charge in [-0.3, -0.25) is 9.59 Å². The summed E-state index contributed by atoms with van der Waals surface area (Å²) in [6, 6.07) is 12.1. The van der Waals surface area contributed by atoms with E-state index >= 15 is 0 Å². The molecule has 0 saturated heterocycles. The first kappa shape index (κ1) is 32.7. The summed E-state index contributed by atoms with van der Waals surface area (Å²) in [5, 5.41) is 19.2. The van der Waals surface area contributed by atoms with Gasteiger partial charge in [-0.15, -0.1) is 16.4 Å². The molecule has 13 nitrogen and oxygen atoms in total. The lowest BCUT2D eigenvalue weighted by Crippen LogP contribution is -2.12. The van der Waals surface area contributed by atoms with Crippen LogP contribution in [0.2, 0.25) is 0 Å². The second-order valence-corrected chi connectivity index (χ2v) is 15.7. The van der Waals surface area contributed by atoms with Gasteiger partial charge in [-0.05, 0) is 113 Å². The van der Waals surface area contributed by atoms with Crippen molar-refractivity contribution in [1.29, 1.82) is 0 Å². The first-order valence-electron chi connectivity index (χ1n) is 17.8. The Bertz CT molecular complexity index is 2090. The summed E-state index contributed by atoms with van der Waals surface area (Å²) < 4.78 is 7.77. The third-order valence-electron chi connectivity index (χ3n) is 9.75. The molecule has 2 N–H and O–H groups in total. The van der Waals surface area contributed by atoms with E-state index in [4.69, 9.17) is 10.2 Å². The highest BCUT2D eigenvalue weighted by Gasteiger charge is 2.34. The van der Waals surface area contributed by atoms with Crippen LogP contribution in [0.5, 0.6) is 0 Å². The van der Waals surface area contributed by atoms with Crippen LogP contribution in [0, 0.1) is 13.8 Å². The van der Waals surface area contributed by atoms with Gasteiger partial charge in [-0.2, -0.15) is 10.2 Å². The van der Waals surface area contributed by atoms with E-state index < -0.39 is 0 Å². The molecule has 0 spiro atoms. The maximum atomic E-state index is 12.3. The van der Waals surface area contributed by atoms with Crippen LogP contribution >= 0.6 is 22.9 Å². The van der Waals surface area contributed by atoms with E-state index in [2.05, 4.69) is 47.3 Å². The van der Waals surface area contributed by atoms with Crippen molar-refractivity contribution in [3.8, 4) is 11.6 Å². The average molecular weight is 732 g/mol. The Morgan fingerprint density at radius 1 is 0.654 bits per heavy atom. The Kier molecular flexibility index (Phi) is 8.46. The van der Waals surface area contributed by atoms with Crippen LogP contribution in [-0.2, 0) is 0 Å². The summed E-state index contributed by atoms with van der Waals surface area (Å²) in [7, 11) is 0. The minimum Gasteiger partial charge on any atom is -0.320 e. The lowest BCUT2D eigenvalue weighted by molar-refractivity contribution is 0.102. The molecule has 0 radical (unpaired) electrons. The molecule has 15 heteroatoms. The second kappa shape index (κ2) is 13.4. The molecule has 0 aromatic carbocycles. The fourth-order valence-corrected chi connectivity index (χ4v) is 7.45. The molecule has 4 aliphatic carbocycles. The molecule has 2 amide bonds. The van der Waals surface area contributed by atoms with Crippen molar-refractivity contribution in [3.05, 3.63) is 98.2 Å². The molecular formula is C37H37N11O2S2. The minimum atomic E-state index is -0.208. The molecule has 4 aliphatic rings. The summed E-state index contributed by atoms with van der Waals surface area (Å²) in [5.41, 5.74) is 9.32. The second-order valence-electron chi connectivity index (χ2n) is 14.1. The fourth-order valence-electron chi connectivity index (χ4n) is 6.20. The van der Waals surface area contributed by atoms with Crippen molar-refractivity contribution >= 4 is 46.1 Å². The van der Waals surface area contributed by atoms with E-state index in [1.54, 1.807) is 24.8 Å². The molecule has 0 aliphatic heterocycles. The van der Waals surface area contributed by atoms with Gasteiger partial charge in [0.05, 0.1) is 52.1 Å². The van der Waals surface area contributed by atoms with Crippen molar-refractivity contribution in [3.63, 3.8) is 0 Å². The molecule has 264 valence electrons. The normalized spacial score (nSPS) is 16.7. The van der Waals surface area contributed by atoms with Crippen LogP contribution in [0.3, 0.4) is 0 Å². The topological polar surface area (TPSA) is 158 Å². The highest BCUT2D eigenvalue weighted by Crippen LogP contribution is 2.46. The molecule has 0 atom stereocenters. The predicted molar refractivity (Wildman–Crippen MR) is 198 cm³/mol.